The Morgan fingerprint density at radius 3 is 2.63 bits per heavy atom. The highest BCUT2D eigenvalue weighted by Gasteiger charge is 1.97. The van der Waals surface area contributed by atoms with E-state index in [1.807, 2.05) is 49.9 Å². The first-order valence-electron chi connectivity index (χ1n) is 6.50. The lowest BCUT2D eigenvalue weighted by atomic mass is 10.1. The van der Waals surface area contributed by atoms with Crippen molar-refractivity contribution < 1.29 is 4.74 Å². The third kappa shape index (κ3) is 4.67. The van der Waals surface area contributed by atoms with Gasteiger partial charge in [-0.15, -0.1) is 0 Å². The monoisotopic (exact) mass is 257 g/mol. The van der Waals surface area contributed by atoms with Crippen molar-refractivity contribution >= 4 is 0 Å². The number of ether oxygens (including phenoxy) is 1. The standard InChI is InChI=1S/C15H19N3O/c1-16-11-14-4-5-15(18-12-14)19-10-2-3-13-6-8-17-9-7-13/h4-9,12,16H,2-3,10-11H2,1H3. The molecule has 2 aromatic heterocycles. The van der Waals surface area contributed by atoms with E-state index in [-0.39, 0.29) is 0 Å². The number of hydrogen-bond acceptors (Lipinski definition) is 4. The molecule has 2 heterocycles. The van der Waals surface area contributed by atoms with E-state index in [0.29, 0.717) is 12.5 Å². The molecule has 0 spiro atoms. The third-order valence-corrected chi connectivity index (χ3v) is 2.79. The second kappa shape index (κ2) is 7.48. The van der Waals surface area contributed by atoms with Crippen LogP contribution in [0.1, 0.15) is 17.5 Å². The lowest BCUT2D eigenvalue weighted by Gasteiger charge is -2.06. The Morgan fingerprint density at radius 2 is 1.95 bits per heavy atom. The van der Waals surface area contributed by atoms with Crippen LogP contribution in [0.15, 0.2) is 42.9 Å². The van der Waals surface area contributed by atoms with Crippen LogP contribution in [0.4, 0.5) is 0 Å². The summed E-state index contributed by atoms with van der Waals surface area (Å²) in [4.78, 5) is 8.27. The summed E-state index contributed by atoms with van der Waals surface area (Å²) in [6, 6.07) is 8.01. The zero-order chi connectivity index (χ0) is 13.3. The number of aryl methyl sites for hydroxylation is 1. The lowest BCUT2D eigenvalue weighted by Crippen LogP contribution is -2.06. The molecule has 0 unspecified atom stereocenters. The van der Waals surface area contributed by atoms with Gasteiger partial charge in [-0.25, -0.2) is 4.98 Å². The fourth-order valence-corrected chi connectivity index (χ4v) is 1.81. The van der Waals surface area contributed by atoms with E-state index in [9.17, 15) is 0 Å². The molecule has 0 amide bonds. The van der Waals surface area contributed by atoms with E-state index in [4.69, 9.17) is 4.74 Å². The van der Waals surface area contributed by atoms with Crippen LogP contribution in [0, 0.1) is 0 Å². The van der Waals surface area contributed by atoms with Crippen molar-refractivity contribution in [3.63, 3.8) is 0 Å². The first-order chi connectivity index (χ1) is 9.38. The van der Waals surface area contributed by atoms with Crippen LogP contribution in [0.3, 0.4) is 0 Å². The average Bonchev–Trinajstić information content (AvgIpc) is 2.47. The van der Waals surface area contributed by atoms with E-state index in [1.54, 1.807) is 0 Å². The molecule has 0 radical (unpaired) electrons. The number of nitrogens with zero attached hydrogens (tertiary/aromatic N) is 2. The van der Waals surface area contributed by atoms with Gasteiger partial charge in [-0.05, 0) is 43.1 Å². The Kier molecular flexibility index (Phi) is 5.31. The number of rotatable bonds is 7. The number of nitrogens with one attached hydrogen (secondary N) is 1. The molecule has 0 aliphatic rings. The average molecular weight is 257 g/mol. The van der Waals surface area contributed by atoms with Crippen LogP contribution in [0.25, 0.3) is 0 Å². The number of aromatic nitrogens is 2. The van der Waals surface area contributed by atoms with Gasteiger partial charge in [0.25, 0.3) is 0 Å². The minimum Gasteiger partial charge on any atom is -0.478 e. The summed E-state index contributed by atoms with van der Waals surface area (Å²) < 4.78 is 5.61. The largest absolute Gasteiger partial charge is 0.478 e. The Bertz CT molecular complexity index is 471. The van der Waals surface area contributed by atoms with Gasteiger partial charge in [0.15, 0.2) is 0 Å². The van der Waals surface area contributed by atoms with Crippen molar-refractivity contribution in [1.82, 2.24) is 15.3 Å². The van der Waals surface area contributed by atoms with Crippen molar-refractivity contribution in [3.05, 3.63) is 54.0 Å². The fourth-order valence-electron chi connectivity index (χ4n) is 1.81. The first-order valence-corrected chi connectivity index (χ1v) is 6.50. The van der Waals surface area contributed by atoms with Gasteiger partial charge >= 0.3 is 0 Å². The maximum Gasteiger partial charge on any atom is 0.213 e. The Morgan fingerprint density at radius 1 is 1.11 bits per heavy atom. The van der Waals surface area contributed by atoms with Crippen molar-refractivity contribution in [2.24, 2.45) is 0 Å². The number of pyridine rings is 2. The molecule has 0 aromatic carbocycles. The molecular formula is C15H19N3O. The molecule has 0 atom stereocenters. The van der Waals surface area contributed by atoms with Crippen molar-refractivity contribution in [1.29, 1.82) is 0 Å². The van der Waals surface area contributed by atoms with E-state index < -0.39 is 0 Å². The highest BCUT2D eigenvalue weighted by atomic mass is 16.5. The predicted octanol–water partition coefficient (Wildman–Crippen LogP) is 2.21. The van der Waals surface area contributed by atoms with Crippen molar-refractivity contribution in [3.8, 4) is 5.88 Å². The fraction of sp³-hybridized carbons (Fsp3) is 0.333. The van der Waals surface area contributed by atoms with Crippen LogP contribution < -0.4 is 10.1 Å². The van der Waals surface area contributed by atoms with E-state index in [2.05, 4.69) is 15.3 Å². The van der Waals surface area contributed by atoms with Gasteiger partial charge < -0.3 is 10.1 Å². The minimum absolute atomic E-state index is 0.681. The zero-order valence-corrected chi connectivity index (χ0v) is 11.2. The summed E-state index contributed by atoms with van der Waals surface area (Å²) in [6.07, 6.45) is 7.45. The van der Waals surface area contributed by atoms with Crippen LogP contribution in [-0.4, -0.2) is 23.6 Å². The molecule has 1 N–H and O–H groups in total. The maximum absolute atomic E-state index is 5.61. The van der Waals surface area contributed by atoms with Gasteiger partial charge in [0.2, 0.25) is 5.88 Å². The summed E-state index contributed by atoms with van der Waals surface area (Å²) >= 11 is 0. The first kappa shape index (κ1) is 13.5. The number of hydrogen-bond donors (Lipinski definition) is 1. The molecule has 2 rings (SSSR count). The van der Waals surface area contributed by atoms with Crippen molar-refractivity contribution in [2.75, 3.05) is 13.7 Å². The molecule has 0 saturated heterocycles. The van der Waals surface area contributed by atoms with Crippen molar-refractivity contribution in [2.45, 2.75) is 19.4 Å². The molecule has 0 aliphatic heterocycles. The molecular weight excluding hydrogens is 238 g/mol. The zero-order valence-electron chi connectivity index (χ0n) is 11.2. The molecule has 4 nitrogen and oxygen atoms in total. The van der Waals surface area contributed by atoms with Gasteiger partial charge in [0, 0.05) is 31.2 Å². The van der Waals surface area contributed by atoms with Crippen LogP contribution in [-0.2, 0) is 13.0 Å². The van der Waals surface area contributed by atoms with Gasteiger partial charge in [0.05, 0.1) is 6.61 Å². The molecule has 100 valence electrons. The SMILES string of the molecule is CNCc1ccc(OCCCc2ccncc2)nc1. The molecule has 4 heteroatoms. The summed E-state index contributed by atoms with van der Waals surface area (Å²) in [5, 5.41) is 3.09. The van der Waals surface area contributed by atoms with E-state index in [1.165, 1.54) is 5.56 Å². The summed E-state index contributed by atoms with van der Waals surface area (Å²) in [7, 11) is 1.92. The lowest BCUT2D eigenvalue weighted by molar-refractivity contribution is 0.299. The minimum atomic E-state index is 0.681. The van der Waals surface area contributed by atoms with Gasteiger partial charge in [-0.1, -0.05) is 6.07 Å². The van der Waals surface area contributed by atoms with Gasteiger partial charge in [-0.3, -0.25) is 4.98 Å². The molecule has 0 saturated carbocycles. The smallest absolute Gasteiger partial charge is 0.213 e. The molecule has 0 fully saturated rings. The summed E-state index contributed by atoms with van der Waals surface area (Å²) in [5.41, 5.74) is 2.45. The second-order valence-corrected chi connectivity index (χ2v) is 4.34. The highest BCUT2D eigenvalue weighted by molar-refractivity contribution is 5.17. The summed E-state index contributed by atoms with van der Waals surface area (Å²) in [5.74, 6) is 0.689. The van der Waals surface area contributed by atoms with E-state index >= 15 is 0 Å². The normalized spacial score (nSPS) is 10.4. The topological polar surface area (TPSA) is 47.0 Å². The predicted molar refractivity (Wildman–Crippen MR) is 75.1 cm³/mol. The van der Waals surface area contributed by atoms with Crippen LogP contribution >= 0.6 is 0 Å². The van der Waals surface area contributed by atoms with Gasteiger partial charge in [0.1, 0.15) is 0 Å². The molecule has 19 heavy (non-hydrogen) atoms. The van der Waals surface area contributed by atoms with Gasteiger partial charge in [-0.2, -0.15) is 0 Å². The van der Waals surface area contributed by atoms with Crippen LogP contribution in [0.5, 0.6) is 5.88 Å². The molecule has 0 aliphatic carbocycles. The Hall–Kier alpha value is -1.94. The second-order valence-electron chi connectivity index (χ2n) is 4.34. The quantitative estimate of drug-likeness (QED) is 0.773. The van der Waals surface area contributed by atoms with Crippen LogP contribution in [0.2, 0.25) is 0 Å². The maximum atomic E-state index is 5.61. The third-order valence-electron chi connectivity index (χ3n) is 2.79. The summed E-state index contributed by atoms with van der Waals surface area (Å²) in [6.45, 7) is 1.51. The van der Waals surface area contributed by atoms with E-state index in [0.717, 1.165) is 24.9 Å². The molecule has 2 aromatic rings. The Balaban J connectivity index is 1.70. The Labute approximate surface area is 113 Å². The molecule has 0 bridgehead atoms. The highest BCUT2D eigenvalue weighted by Crippen LogP contribution is 2.08.